The largest absolute Gasteiger partial charge is 0.375 e. The summed E-state index contributed by atoms with van der Waals surface area (Å²) in [6.45, 7) is 2.58. The van der Waals surface area contributed by atoms with Crippen molar-refractivity contribution in [3.63, 3.8) is 0 Å². The zero-order valence-electron chi connectivity index (χ0n) is 10.4. The Hall–Kier alpha value is -1.88. The van der Waals surface area contributed by atoms with Crippen LogP contribution in [0, 0.1) is 17.0 Å². The van der Waals surface area contributed by atoms with Crippen molar-refractivity contribution in [2.24, 2.45) is 0 Å². The molecule has 2 rings (SSSR count). The third-order valence-electron chi connectivity index (χ3n) is 2.72. The van der Waals surface area contributed by atoms with Gasteiger partial charge in [0.2, 0.25) is 0 Å². The molecule has 0 aliphatic carbocycles. The van der Waals surface area contributed by atoms with E-state index in [0.29, 0.717) is 16.7 Å². The van der Waals surface area contributed by atoms with E-state index >= 15 is 0 Å². The van der Waals surface area contributed by atoms with Crippen LogP contribution in [0.15, 0.2) is 46.9 Å². The number of hydrogen-bond acceptors (Lipinski definition) is 3. The summed E-state index contributed by atoms with van der Waals surface area (Å²) in [5, 5.41) is 14.1. The molecule has 0 aromatic heterocycles. The van der Waals surface area contributed by atoms with Crippen LogP contribution in [0.3, 0.4) is 0 Å². The highest BCUT2D eigenvalue weighted by molar-refractivity contribution is 9.10. The van der Waals surface area contributed by atoms with Gasteiger partial charge in [0, 0.05) is 17.1 Å². The molecule has 1 N–H and O–H groups in total. The van der Waals surface area contributed by atoms with Gasteiger partial charge in [-0.15, -0.1) is 0 Å². The second kappa shape index (κ2) is 5.84. The van der Waals surface area contributed by atoms with Gasteiger partial charge in [-0.25, -0.2) is 0 Å². The molecule has 2 aromatic carbocycles. The standard InChI is InChI=1S/C14H13BrN2O2/c1-10-3-2-4-11(7-10)9-16-13-6-5-12(15)8-14(13)17(18)19/h2-8,16H,9H2,1H3. The lowest BCUT2D eigenvalue weighted by atomic mass is 10.1. The van der Waals surface area contributed by atoms with E-state index in [0.717, 1.165) is 5.56 Å². The van der Waals surface area contributed by atoms with Crippen LogP contribution in [0.5, 0.6) is 0 Å². The van der Waals surface area contributed by atoms with Crippen molar-refractivity contribution in [2.75, 3.05) is 5.32 Å². The molecule has 0 bridgehead atoms. The van der Waals surface area contributed by atoms with Gasteiger partial charge in [-0.1, -0.05) is 45.8 Å². The molecule has 0 heterocycles. The Balaban J connectivity index is 2.17. The SMILES string of the molecule is Cc1cccc(CNc2ccc(Br)cc2[N+](=O)[O-])c1. The second-order valence-electron chi connectivity index (χ2n) is 4.26. The van der Waals surface area contributed by atoms with Crippen LogP contribution >= 0.6 is 15.9 Å². The average Bonchev–Trinajstić information content (AvgIpc) is 2.37. The van der Waals surface area contributed by atoms with E-state index in [-0.39, 0.29) is 10.6 Å². The van der Waals surface area contributed by atoms with Crippen molar-refractivity contribution in [1.29, 1.82) is 0 Å². The first-order valence-electron chi connectivity index (χ1n) is 5.79. The summed E-state index contributed by atoms with van der Waals surface area (Å²) in [5.74, 6) is 0. The number of nitro benzene ring substituents is 1. The summed E-state index contributed by atoms with van der Waals surface area (Å²) in [6.07, 6.45) is 0. The van der Waals surface area contributed by atoms with Gasteiger partial charge < -0.3 is 5.32 Å². The lowest BCUT2D eigenvalue weighted by molar-refractivity contribution is -0.384. The summed E-state index contributed by atoms with van der Waals surface area (Å²) in [5.41, 5.74) is 2.86. The Morgan fingerprint density at radius 3 is 2.74 bits per heavy atom. The molecule has 0 aliphatic heterocycles. The summed E-state index contributed by atoms with van der Waals surface area (Å²) < 4.78 is 0.695. The molecule has 0 atom stereocenters. The molecule has 2 aromatic rings. The molecule has 0 saturated carbocycles. The maximum Gasteiger partial charge on any atom is 0.293 e. The molecular formula is C14H13BrN2O2. The van der Waals surface area contributed by atoms with E-state index in [4.69, 9.17) is 0 Å². The number of aryl methyl sites for hydroxylation is 1. The molecule has 0 spiro atoms. The Bertz CT molecular complexity index is 614. The molecule has 5 heteroatoms. The summed E-state index contributed by atoms with van der Waals surface area (Å²) in [4.78, 5) is 10.6. The van der Waals surface area contributed by atoms with Crippen molar-refractivity contribution >= 4 is 27.3 Å². The molecule has 0 amide bonds. The van der Waals surface area contributed by atoms with Gasteiger partial charge in [-0.2, -0.15) is 0 Å². The Kier molecular flexibility index (Phi) is 4.16. The van der Waals surface area contributed by atoms with Crippen LogP contribution in [-0.4, -0.2) is 4.92 Å². The van der Waals surface area contributed by atoms with Crippen molar-refractivity contribution in [1.82, 2.24) is 0 Å². The molecule has 19 heavy (non-hydrogen) atoms. The number of hydrogen-bond donors (Lipinski definition) is 1. The van der Waals surface area contributed by atoms with E-state index < -0.39 is 0 Å². The van der Waals surface area contributed by atoms with Gasteiger partial charge in [-0.3, -0.25) is 10.1 Å². The molecule has 0 radical (unpaired) electrons. The third-order valence-corrected chi connectivity index (χ3v) is 3.22. The number of nitrogens with zero attached hydrogens (tertiary/aromatic N) is 1. The first kappa shape index (κ1) is 13.5. The smallest absolute Gasteiger partial charge is 0.293 e. The minimum atomic E-state index is -0.386. The fraction of sp³-hybridized carbons (Fsp3) is 0.143. The van der Waals surface area contributed by atoms with E-state index in [2.05, 4.69) is 27.3 Å². The van der Waals surface area contributed by atoms with E-state index in [9.17, 15) is 10.1 Å². The molecule has 0 unspecified atom stereocenters. The van der Waals surface area contributed by atoms with E-state index in [1.807, 2.05) is 25.1 Å². The number of nitro groups is 1. The van der Waals surface area contributed by atoms with Gasteiger partial charge in [0.25, 0.3) is 5.69 Å². The van der Waals surface area contributed by atoms with E-state index in [1.165, 1.54) is 11.6 Å². The second-order valence-corrected chi connectivity index (χ2v) is 5.18. The minimum Gasteiger partial charge on any atom is -0.375 e. The van der Waals surface area contributed by atoms with Crippen molar-refractivity contribution in [3.05, 3.63) is 68.2 Å². The fourth-order valence-corrected chi connectivity index (χ4v) is 2.17. The molecular weight excluding hydrogens is 308 g/mol. The number of anilines is 1. The molecule has 0 aliphatic rings. The van der Waals surface area contributed by atoms with Crippen molar-refractivity contribution < 1.29 is 4.92 Å². The van der Waals surface area contributed by atoms with Gasteiger partial charge in [0.05, 0.1) is 4.92 Å². The fourth-order valence-electron chi connectivity index (χ4n) is 1.82. The molecule has 98 valence electrons. The normalized spacial score (nSPS) is 10.2. The molecule has 0 saturated heterocycles. The Morgan fingerprint density at radius 1 is 1.26 bits per heavy atom. The van der Waals surface area contributed by atoms with Crippen molar-refractivity contribution in [2.45, 2.75) is 13.5 Å². The highest BCUT2D eigenvalue weighted by atomic mass is 79.9. The van der Waals surface area contributed by atoms with Crippen LogP contribution in [0.25, 0.3) is 0 Å². The molecule has 4 nitrogen and oxygen atoms in total. The predicted octanol–water partition coefficient (Wildman–Crippen LogP) is 4.28. The van der Waals surface area contributed by atoms with Gasteiger partial charge in [-0.05, 0) is 24.6 Å². The zero-order valence-corrected chi connectivity index (χ0v) is 12.0. The first-order chi connectivity index (χ1) is 9.06. The monoisotopic (exact) mass is 320 g/mol. The van der Waals surface area contributed by atoms with E-state index in [1.54, 1.807) is 12.1 Å². The lowest BCUT2D eigenvalue weighted by Crippen LogP contribution is -2.02. The first-order valence-corrected chi connectivity index (χ1v) is 6.59. The minimum absolute atomic E-state index is 0.0713. The maximum atomic E-state index is 11.0. The quantitative estimate of drug-likeness (QED) is 0.675. The summed E-state index contributed by atoms with van der Waals surface area (Å²) >= 11 is 3.24. The van der Waals surface area contributed by atoms with Gasteiger partial charge in [0.1, 0.15) is 5.69 Å². The van der Waals surface area contributed by atoms with Crippen LogP contribution in [0.2, 0.25) is 0 Å². The molecule has 0 fully saturated rings. The zero-order chi connectivity index (χ0) is 13.8. The highest BCUT2D eigenvalue weighted by Crippen LogP contribution is 2.28. The number of rotatable bonds is 4. The van der Waals surface area contributed by atoms with Crippen LogP contribution in [0.4, 0.5) is 11.4 Å². The Labute approximate surface area is 119 Å². The topological polar surface area (TPSA) is 55.2 Å². The van der Waals surface area contributed by atoms with Gasteiger partial charge >= 0.3 is 0 Å². The number of halogens is 1. The summed E-state index contributed by atoms with van der Waals surface area (Å²) in [6, 6.07) is 13.0. The lowest BCUT2D eigenvalue weighted by Gasteiger charge is -2.08. The highest BCUT2D eigenvalue weighted by Gasteiger charge is 2.13. The van der Waals surface area contributed by atoms with Crippen LogP contribution in [-0.2, 0) is 6.54 Å². The number of benzene rings is 2. The van der Waals surface area contributed by atoms with Crippen LogP contribution in [0.1, 0.15) is 11.1 Å². The predicted molar refractivity (Wildman–Crippen MR) is 79.3 cm³/mol. The maximum absolute atomic E-state index is 11.0. The van der Waals surface area contributed by atoms with Crippen molar-refractivity contribution in [3.8, 4) is 0 Å². The van der Waals surface area contributed by atoms with Crippen LogP contribution < -0.4 is 5.32 Å². The summed E-state index contributed by atoms with van der Waals surface area (Å²) in [7, 11) is 0. The third kappa shape index (κ3) is 3.54. The van der Waals surface area contributed by atoms with Gasteiger partial charge in [0.15, 0.2) is 0 Å². The Morgan fingerprint density at radius 2 is 2.05 bits per heavy atom. The average molecular weight is 321 g/mol. The number of nitrogens with one attached hydrogen (secondary N) is 1.